The molecule has 1 aliphatic rings. The molecule has 1 aromatic carbocycles. The standard InChI is InChI=1S/C18H24N4O2/c1-14(15-7-8-15)22-17(9-10-19-22)20-18(24)13-21(11-12-23)16-5-3-2-4-6-16/h2-6,9-10,14-15,23H,7-8,11-13H2,1H3,(H,20,24). The van der Waals surface area contributed by atoms with E-state index in [1.54, 1.807) is 6.20 Å². The molecule has 1 atom stereocenters. The fourth-order valence-corrected chi connectivity index (χ4v) is 2.93. The summed E-state index contributed by atoms with van der Waals surface area (Å²) in [6, 6.07) is 11.8. The Morgan fingerprint density at radius 3 is 2.79 bits per heavy atom. The third-order valence-electron chi connectivity index (χ3n) is 4.45. The molecule has 0 aliphatic heterocycles. The monoisotopic (exact) mass is 328 g/mol. The number of hydrogen-bond acceptors (Lipinski definition) is 4. The Hall–Kier alpha value is -2.34. The van der Waals surface area contributed by atoms with Crippen LogP contribution in [0.25, 0.3) is 0 Å². The Balaban J connectivity index is 1.65. The highest BCUT2D eigenvalue weighted by atomic mass is 16.3. The van der Waals surface area contributed by atoms with Crippen LogP contribution in [0.1, 0.15) is 25.8 Å². The summed E-state index contributed by atoms with van der Waals surface area (Å²) >= 11 is 0. The van der Waals surface area contributed by atoms with E-state index >= 15 is 0 Å². The molecule has 24 heavy (non-hydrogen) atoms. The molecule has 0 radical (unpaired) electrons. The van der Waals surface area contributed by atoms with Crippen molar-refractivity contribution in [2.24, 2.45) is 5.92 Å². The van der Waals surface area contributed by atoms with Crippen molar-refractivity contribution in [3.8, 4) is 0 Å². The van der Waals surface area contributed by atoms with Gasteiger partial charge in [0.15, 0.2) is 0 Å². The lowest BCUT2D eigenvalue weighted by Crippen LogP contribution is -2.35. The van der Waals surface area contributed by atoms with Crippen molar-refractivity contribution in [2.45, 2.75) is 25.8 Å². The van der Waals surface area contributed by atoms with Crippen molar-refractivity contribution in [1.82, 2.24) is 9.78 Å². The molecule has 128 valence electrons. The average molecular weight is 328 g/mol. The summed E-state index contributed by atoms with van der Waals surface area (Å²) in [5.74, 6) is 1.28. The summed E-state index contributed by atoms with van der Waals surface area (Å²) in [5.41, 5.74) is 0.918. The van der Waals surface area contributed by atoms with Gasteiger partial charge in [0, 0.05) is 18.3 Å². The first-order chi connectivity index (χ1) is 11.7. The van der Waals surface area contributed by atoms with Gasteiger partial charge in [-0.15, -0.1) is 0 Å². The zero-order valence-corrected chi connectivity index (χ0v) is 13.9. The molecule has 3 rings (SSSR count). The van der Waals surface area contributed by atoms with Gasteiger partial charge in [0.25, 0.3) is 0 Å². The lowest BCUT2D eigenvalue weighted by Gasteiger charge is -2.23. The zero-order chi connectivity index (χ0) is 16.9. The van der Waals surface area contributed by atoms with Gasteiger partial charge < -0.3 is 15.3 Å². The number of nitrogens with one attached hydrogen (secondary N) is 1. The molecule has 1 aromatic heterocycles. The van der Waals surface area contributed by atoms with Gasteiger partial charge in [0.1, 0.15) is 5.82 Å². The van der Waals surface area contributed by atoms with E-state index in [1.165, 1.54) is 12.8 Å². The first kappa shape index (κ1) is 16.5. The highest BCUT2D eigenvalue weighted by Gasteiger charge is 2.30. The molecule has 1 aliphatic carbocycles. The van der Waals surface area contributed by atoms with Crippen LogP contribution in [0.3, 0.4) is 0 Å². The largest absolute Gasteiger partial charge is 0.395 e. The molecule has 6 nitrogen and oxygen atoms in total. The summed E-state index contributed by atoms with van der Waals surface area (Å²) in [6.45, 7) is 2.74. The Labute approximate surface area is 142 Å². The first-order valence-electron chi connectivity index (χ1n) is 8.43. The van der Waals surface area contributed by atoms with Gasteiger partial charge in [-0.1, -0.05) is 18.2 Å². The van der Waals surface area contributed by atoms with E-state index in [0.717, 1.165) is 11.5 Å². The molecule has 1 unspecified atom stereocenters. The van der Waals surface area contributed by atoms with Crippen LogP contribution >= 0.6 is 0 Å². The van der Waals surface area contributed by atoms with E-state index in [1.807, 2.05) is 46.0 Å². The predicted molar refractivity (Wildman–Crippen MR) is 94.0 cm³/mol. The van der Waals surface area contributed by atoms with Crippen LogP contribution in [0.2, 0.25) is 0 Å². The van der Waals surface area contributed by atoms with Crippen LogP contribution in [-0.2, 0) is 4.79 Å². The van der Waals surface area contributed by atoms with Gasteiger partial charge >= 0.3 is 0 Å². The highest BCUT2D eigenvalue weighted by Crippen LogP contribution is 2.40. The number of carbonyl (C=O) groups excluding carboxylic acids is 1. The maximum atomic E-state index is 12.5. The highest BCUT2D eigenvalue weighted by molar-refractivity contribution is 5.93. The number of rotatable bonds is 8. The molecule has 1 amide bonds. The van der Waals surface area contributed by atoms with E-state index in [2.05, 4.69) is 17.3 Å². The summed E-state index contributed by atoms with van der Waals surface area (Å²) in [7, 11) is 0. The number of amides is 1. The van der Waals surface area contributed by atoms with Crippen molar-refractivity contribution in [3.05, 3.63) is 42.6 Å². The van der Waals surface area contributed by atoms with E-state index in [4.69, 9.17) is 0 Å². The maximum absolute atomic E-state index is 12.5. The number of aliphatic hydroxyl groups excluding tert-OH is 1. The molecule has 2 aromatic rings. The van der Waals surface area contributed by atoms with Crippen molar-refractivity contribution in [3.63, 3.8) is 0 Å². The molecular formula is C18H24N4O2. The minimum absolute atomic E-state index is 0.00117. The summed E-state index contributed by atoms with van der Waals surface area (Å²) < 4.78 is 1.90. The molecule has 6 heteroatoms. The van der Waals surface area contributed by atoms with E-state index in [-0.39, 0.29) is 19.1 Å². The van der Waals surface area contributed by atoms with Crippen molar-refractivity contribution < 1.29 is 9.90 Å². The quantitative estimate of drug-likeness (QED) is 0.780. The Morgan fingerprint density at radius 1 is 1.38 bits per heavy atom. The number of para-hydroxylation sites is 1. The molecule has 0 spiro atoms. The minimum atomic E-state index is -0.114. The summed E-state index contributed by atoms with van der Waals surface area (Å²) in [5, 5.41) is 16.6. The molecule has 2 N–H and O–H groups in total. The number of nitrogens with zero attached hydrogens (tertiary/aromatic N) is 3. The number of carbonyl (C=O) groups is 1. The normalized spacial score (nSPS) is 15.1. The van der Waals surface area contributed by atoms with Crippen molar-refractivity contribution in [2.75, 3.05) is 29.9 Å². The van der Waals surface area contributed by atoms with E-state index in [0.29, 0.717) is 18.5 Å². The van der Waals surface area contributed by atoms with Gasteiger partial charge in [0.2, 0.25) is 5.91 Å². The Bertz CT molecular complexity index is 667. The van der Waals surface area contributed by atoms with Crippen LogP contribution in [0.15, 0.2) is 42.6 Å². The van der Waals surface area contributed by atoms with Gasteiger partial charge in [-0.3, -0.25) is 4.79 Å². The fourth-order valence-electron chi connectivity index (χ4n) is 2.93. The number of benzene rings is 1. The van der Waals surface area contributed by atoms with Crippen molar-refractivity contribution in [1.29, 1.82) is 0 Å². The van der Waals surface area contributed by atoms with Gasteiger partial charge in [-0.2, -0.15) is 5.10 Å². The van der Waals surface area contributed by atoms with Crippen LogP contribution in [0.5, 0.6) is 0 Å². The van der Waals surface area contributed by atoms with Crippen LogP contribution in [0.4, 0.5) is 11.5 Å². The number of anilines is 2. The summed E-state index contributed by atoms with van der Waals surface area (Å²) in [4.78, 5) is 14.3. The zero-order valence-electron chi connectivity index (χ0n) is 13.9. The number of hydrogen-bond donors (Lipinski definition) is 2. The second kappa shape index (κ2) is 7.49. The van der Waals surface area contributed by atoms with Crippen LogP contribution < -0.4 is 10.2 Å². The van der Waals surface area contributed by atoms with Crippen molar-refractivity contribution >= 4 is 17.4 Å². The first-order valence-corrected chi connectivity index (χ1v) is 8.43. The third-order valence-corrected chi connectivity index (χ3v) is 4.45. The smallest absolute Gasteiger partial charge is 0.245 e. The van der Waals surface area contributed by atoms with Crippen LogP contribution in [-0.4, -0.2) is 40.5 Å². The second-order valence-corrected chi connectivity index (χ2v) is 6.27. The lowest BCUT2D eigenvalue weighted by molar-refractivity contribution is -0.115. The fraction of sp³-hybridized carbons (Fsp3) is 0.444. The predicted octanol–water partition coefficient (Wildman–Crippen LogP) is 2.29. The van der Waals surface area contributed by atoms with Gasteiger partial charge in [-0.25, -0.2) is 4.68 Å². The van der Waals surface area contributed by atoms with E-state index < -0.39 is 0 Å². The molecule has 1 heterocycles. The van der Waals surface area contributed by atoms with Gasteiger partial charge in [-0.05, 0) is 37.8 Å². The molecule has 0 saturated heterocycles. The second-order valence-electron chi connectivity index (χ2n) is 6.27. The number of aromatic nitrogens is 2. The molecule has 1 saturated carbocycles. The molecule has 0 bridgehead atoms. The van der Waals surface area contributed by atoms with E-state index in [9.17, 15) is 9.90 Å². The third kappa shape index (κ3) is 3.94. The molecular weight excluding hydrogens is 304 g/mol. The lowest BCUT2D eigenvalue weighted by atomic mass is 10.2. The summed E-state index contributed by atoms with van der Waals surface area (Å²) in [6.07, 6.45) is 4.18. The van der Waals surface area contributed by atoms with Crippen LogP contribution in [0, 0.1) is 5.92 Å². The van der Waals surface area contributed by atoms with Gasteiger partial charge in [0.05, 0.1) is 25.4 Å². The molecule has 1 fully saturated rings. The topological polar surface area (TPSA) is 70.4 Å². The maximum Gasteiger partial charge on any atom is 0.245 e. The SMILES string of the molecule is CC(C1CC1)n1nccc1NC(=O)CN(CCO)c1ccccc1. The Kier molecular flexibility index (Phi) is 5.15. The number of aliphatic hydroxyl groups is 1. The minimum Gasteiger partial charge on any atom is -0.395 e. The average Bonchev–Trinajstić information content (AvgIpc) is 3.35. The Morgan fingerprint density at radius 2 is 2.12 bits per heavy atom.